The molecule has 2 aromatic rings. The Bertz CT molecular complexity index is 810. The maximum absolute atomic E-state index is 12.1. The number of amides is 1. The molecule has 0 spiro atoms. The highest BCUT2D eigenvalue weighted by atomic mass is 16.5. The Morgan fingerprint density at radius 3 is 2.72 bits per heavy atom. The Morgan fingerprint density at radius 1 is 1.40 bits per heavy atom. The first-order valence-electron chi connectivity index (χ1n) is 8.03. The van der Waals surface area contributed by atoms with Gasteiger partial charge in [-0.2, -0.15) is 10.1 Å². The van der Waals surface area contributed by atoms with E-state index in [4.69, 9.17) is 15.6 Å². The molecule has 1 aromatic heterocycles. The lowest BCUT2D eigenvalue weighted by atomic mass is 9.95. The summed E-state index contributed by atoms with van der Waals surface area (Å²) in [5.74, 6) is 1.37. The molecular weight excluding hydrogens is 322 g/mol. The van der Waals surface area contributed by atoms with E-state index in [2.05, 4.69) is 15.4 Å². The van der Waals surface area contributed by atoms with Crippen LogP contribution in [0.2, 0.25) is 0 Å². The van der Waals surface area contributed by atoms with Crippen molar-refractivity contribution >= 4 is 11.9 Å². The van der Waals surface area contributed by atoms with Gasteiger partial charge >= 0.3 is 0 Å². The smallest absolute Gasteiger partial charge is 0.248 e. The standard InChI is InChI=1S/C17H21N5O3/c1-10-14(16(18)24)15(11-5-7-12(25-2)8-6-11)22-17(19-10)20-13(21-22)4-3-9-23/h5-8,15,23H,3-4,9H2,1-2H3,(H2,18,24)(H,19,20,21)/t15-/m1/s1. The van der Waals surface area contributed by atoms with E-state index in [0.717, 1.165) is 11.3 Å². The fourth-order valence-corrected chi connectivity index (χ4v) is 2.95. The van der Waals surface area contributed by atoms with Crippen LogP contribution in [0.3, 0.4) is 0 Å². The number of aryl methyl sites for hydroxylation is 1. The van der Waals surface area contributed by atoms with Gasteiger partial charge in [0.2, 0.25) is 11.9 Å². The number of carbonyl (C=O) groups excluding carboxylic acids is 1. The molecule has 1 atom stereocenters. The van der Waals surface area contributed by atoms with Crippen LogP contribution in [0, 0.1) is 0 Å². The Kier molecular flexibility index (Phi) is 4.71. The maximum atomic E-state index is 12.1. The number of nitrogens with one attached hydrogen (secondary N) is 1. The second-order valence-corrected chi connectivity index (χ2v) is 5.83. The lowest BCUT2D eigenvalue weighted by Gasteiger charge is -2.27. The highest BCUT2D eigenvalue weighted by Gasteiger charge is 2.33. The van der Waals surface area contributed by atoms with Gasteiger partial charge in [-0.05, 0) is 31.0 Å². The number of hydrogen-bond donors (Lipinski definition) is 3. The van der Waals surface area contributed by atoms with Gasteiger partial charge in [0.15, 0.2) is 5.82 Å². The molecule has 1 aliphatic rings. The molecular formula is C17H21N5O3. The minimum Gasteiger partial charge on any atom is -0.497 e. The van der Waals surface area contributed by atoms with Crippen LogP contribution in [-0.4, -0.2) is 39.5 Å². The summed E-state index contributed by atoms with van der Waals surface area (Å²) in [6, 6.07) is 6.95. The first kappa shape index (κ1) is 17.0. The summed E-state index contributed by atoms with van der Waals surface area (Å²) < 4.78 is 6.86. The summed E-state index contributed by atoms with van der Waals surface area (Å²) in [5, 5.41) is 16.6. The number of allylic oxidation sites excluding steroid dienone is 1. The predicted octanol–water partition coefficient (Wildman–Crippen LogP) is 0.986. The lowest BCUT2D eigenvalue weighted by Crippen LogP contribution is -2.31. The lowest BCUT2D eigenvalue weighted by molar-refractivity contribution is -0.115. The summed E-state index contributed by atoms with van der Waals surface area (Å²) in [6.45, 7) is 1.87. The summed E-state index contributed by atoms with van der Waals surface area (Å²) in [5.41, 5.74) is 7.58. The molecule has 0 saturated heterocycles. The molecule has 25 heavy (non-hydrogen) atoms. The third-order valence-corrected chi connectivity index (χ3v) is 4.15. The van der Waals surface area contributed by atoms with Crippen molar-refractivity contribution in [2.45, 2.75) is 25.8 Å². The SMILES string of the molecule is COc1ccc([C@@H]2C(C(N)=O)=C(C)Nc3nc(CCCO)nn32)cc1. The number of primary amides is 1. The van der Waals surface area contributed by atoms with E-state index in [1.54, 1.807) is 18.7 Å². The van der Waals surface area contributed by atoms with Gasteiger partial charge in [-0.1, -0.05) is 12.1 Å². The number of aromatic nitrogens is 3. The van der Waals surface area contributed by atoms with E-state index in [-0.39, 0.29) is 6.61 Å². The average Bonchev–Trinajstić information content (AvgIpc) is 3.00. The molecule has 4 N–H and O–H groups in total. The minimum absolute atomic E-state index is 0.0724. The Labute approximate surface area is 145 Å². The van der Waals surface area contributed by atoms with Gasteiger partial charge in [0, 0.05) is 18.7 Å². The number of aliphatic hydroxyl groups excluding tert-OH is 1. The molecule has 3 rings (SSSR count). The highest BCUT2D eigenvalue weighted by Crippen LogP contribution is 2.35. The first-order valence-corrected chi connectivity index (χ1v) is 8.03. The molecule has 2 heterocycles. The van der Waals surface area contributed by atoms with Gasteiger partial charge in [0.05, 0.1) is 12.7 Å². The molecule has 0 radical (unpaired) electrons. The summed E-state index contributed by atoms with van der Waals surface area (Å²) in [6.07, 6.45) is 1.13. The molecule has 1 aromatic carbocycles. The van der Waals surface area contributed by atoms with Crippen LogP contribution >= 0.6 is 0 Å². The van der Waals surface area contributed by atoms with Gasteiger partial charge in [-0.15, -0.1) is 0 Å². The van der Waals surface area contributed by atoms with E-state index >= 15 is 0 Å². The fraction of sp³-hybridized carbons (Fsp3) is 0.353. The van der Waals surface area contributed by atoms with Crippen molar-refractivity contribution in [3.63, 3.8) is 0 Å². The van der Waals surface area contributed by atoms with Crippen molar-refractivity contribution in [1.29, 1.82) is 0 Å². The number of ether oxygens (including phenoxy) is 1. The van der Waals surface area contributed by atoms with E-state index in [1.807, 2.05) is 24.3 Å². The van der Waals surface area contributed by atoms with Crippen molar-refractivity contribution in [3.8, 4) is 5.75 Å². The maximum Gasteiger partial charge on any atom is 0.248 e. The molecule has 0 bridgehead atoms. The van der Waals surface area contributed by atoms with Crippen LogP contribution in [0.5, 0.6) is 5.75 Å². The molecule has 0 aliphatic carbocycles. The van der Waals surface area contributed by atoms with Gasteiger partial charge in [-0.3, -0.25) is 4.79 Å². The van der Waals surface area contributed by atoms with Crippen LogP contribution in [0.1, 0.15) is 30.8 Å². The number of hydrogen-bond acceptors (Lipinski definition) is 6. The number of methoxy groups -OCH3 is 1. The van der Waals surface area contributed by atoms with Crippen molar-refractivity contribution in [2.75, 3.05) is 19.0 Å². The predicted molar refractivity (Wildman–Crippen MR) is 92.1 cm³/mol. The number of nitrogens with two attached hydrogens (primary N) is 1. The van der Waals surface area contributed by atoms with E-state index in [9.17, 15) is 4.79 Å². The second-order valence-electron chi connectivity index (χ2n) is 5.83. The Hall–Kier alpha value is -2.87. The van der Waals surface area contributed by atoms with Crippen LogP contribution in [0.25, 0.3) is 0 Å². The van der Waals surface area contributed by atoms with Crippen LogP contribution in [0.15, 0.2) is 35.5 Å². The van der Waals surface area contributed by atoms with Crippen molar-refractivity contribution in [1.82, 2.24) is 14.8 Å². The summed E-state index contributed by atoms with van der Waals surface area (Å²) >= 11 is 0. The minimum atomic E-state index is -0.510. The largest absolute Gasteiger partial charge is 0.497 e. The zero-order valence-corrected chi connectivity index (χ0v) is 14.2. The van der Waals surface area contributed by atoms with Crippen LogP contribution in [-0.2, 0) is 11.2 Å². The third-order valence-electron chi connectivity index (χ3n) is 4.15. The number of nitrogens with zero attached hydrogens (tertiary/aromatic N) is 3. The number of rotatable bonds is 6. The fourth-order valence-electron chi connectivity index (χ4n) is 2.95. The van der Waals surface area contributed by atoms with Crippen molar-refractivity contribution < 1.29 is 14.6 Å². The molecule has 8 nitrogen and oxygen atoms in total. The number of carbonyl (C=O) groups is 1. The van der Waals surface area contributed by atoms with Crippen LogP contribution < -0.4 is 15.8 Å². The van der Waals surface area contributed by atoms with Gasteiger partial charge in [0.1, 0.15) is 11.8 Å². The molecule has 0 saturated carbocycles. The topological polar surface area (TPSA) is 115 Å². The van der Waals surface area contributed by atoms with Gasteiger partial charge < -0.3 is 20.9 Å². The first-order chi connectivity index (χ1) is 12.0. The zero-order chi connectivity index (χ0) is 18.0. The number of fused-ring (bicyclic) bond motifs is 1. The zero-order valence-electron chi connectivity index (χ0n) is 14.2. The average molecular weight is 343 g/mol. The molecule has 0 unspecified atom stereocenters. The molecule has 1 amide bonds. The van der Waals surface area contributed by atoms with Crippen LogP contribution in [0.4, 0.5) is 5.95 Å². The van der Waals surface area contributed by atoms with E-state index in [1.165, 1.54) is 0 Å². The Morgan fingerprint density at radius 2 is 2.12 bits per heavy atom. The molecule has 1 aliphatic heterocycles. The van der Waals surface area contributed by atoms with Gasteiger partial charge in [-0.25, -0.2) is 4.68 Å². The number of benzene rings is 1. The third kappa shape index (κ3) is 3.20. The van der Waals surface area contributed by atoms with Crippen molar-refractivity contribution in [2.24, 2.45) is 5.73 Å². The molecule has 132 valence electrons. The monoisotopic (exact) mass is 343 g/mol. The summed E-state index contributed by atoms with van der Waals surface area (Å²) in [7, 11) is 1.60. The molecule has 8 heteroatoms. The van der Waals surface area contributed by atoms with E-state index < -0.39 is 11.9 Å². The second kappa shape index (κ2) is 6.94. The van der Waals surface area contributed by atoms with E-state index in [0.29, 0.717) is 35.9 Å². The molecule has 0 fully saturated rings. The van der Waals surface area contributed by atoms with Gasteiger partial charge in [0.25, 0.3) is 0 Å². The summed E-state index contributed by atoms with van der Waals surface area (Å²) in [4.78, 5) is 16.5. The normalized spacial score (nSPS) is 16.4. The highest BCUT2D eigenvalue weighted by molar-refractivity contribution is 5.95. The quantitative estimate of drug-likeness (QED) is 0.720. The number of aliphatic hydroxyl groups is 1. The van der Waals surface area contributed by atoms with Crippen molar-refractivity contribution in [3.05, 3.63) is 46.9 Å². The Balaban J connectivity index is 2.07. The number of anilines is 1.